The monoisotopic (exact) mass is 339 g/mol. The van der Waals surface area contributed by atoms with E-state index in [9.17, 15) is 18.8 Å². The molecule has 0 fully saturated rings. The summed E-state index contributed by atoms with van der Waals surface area (Å²) in [6.07, 6.45) is 1.30. The van der Waals surface area contributed by atoms with E-state index in [4.69, 9.17) is 0 Å². The highest BCUT2D eigenvalue weighted by molar-refractivity contribution is 6.00. The van der Waals surface area contributed by atoms with Crippen molar-refractivity contribution < 1.29 is 14.0 Å². The summed E-state index contributed by atoms with van der Waals surface area (Å²) in [5, 5.41) is 0.387. The quantitative estimate of drug-likeness (QED) is 0.624. The van der Waals surface area contributed by atoms with Gasteiger partial charge in [-0.3, -0.25) is 25.2 Å². The number of aromatic nitrogens is 1. The molecular weight excluding hydrogens is 325 g/mol. The fourth-order valence-electron chi connectivity index (χ4n) is 2.43. The second-order valence-corrected chi connectivity index (χ2v) is 5.44. The topological polar surface area (TPSA) is 91.1 Å². The van der Waals surface area contributed by atoms with Gasteiger partial charge >= 0.3 is 0 Å². The Kier molecular flexibility index (Phi) is 4.30. The van der Waals surface area contributed by atoms with Gasteiger partial charge in [0, 0.05) is 17.1 Å². The maximum absolute atomic E-state index is 12.8. The predicted molar refractivity (Wildman–Crippen MR) is 90.6 cm³/mol. The zero-order valence-corrected chi connectivity index (χ0v) is 13.2. The van der Waals surface area contributed by atoms with Crippen molar-refractivity contribution >= 4 is 22.7 Å². The fourth-order valence-corrected chi connectivity index (χ4v) is 2.43. The number of carbonyl (C=O) groups excluding carboxylic acids is 2. The summed E-state index contributed by atoms with van der Waals surface area (Å²) in [4.78, 5) is 39.4. The number of halogens is 1. The number of carbonyl (C=O) groups is 2. The Labute approximate surface area is 141 Å². The van der Waals surface area contributed by atoms with Crippen LogP contribution in [0.4, 0.5) is 4.39 Å². The molecule has 0 unspecified atom stereocenters. The average molecular weight is 339 g/mol. The number of aromatic amines is 1. The van der Waals surface area contributed by atoms with Gasteiger partial charge in [-0.15, -0.1) is 0 Å². The first kappa shape index (κ1) is 16.4. The van der Waals surface area contributed by atoms with E-state index in [0.29, 0.717) is 10.9 Å². The van der Waals surface area contributed by atoms with Gasteiger partial charge in [0.1, 0.15) is 11.4 Å². The molecule has 1 heterocycles. The summed E-state index contributed by atoms with van der Waals surface area (Å²) < 4.78 is 12.8. The van der Waals surface area contributed by atoms with Crippen molar-refractivity contribution in [1.29, 1.82) is 0 Å². The smallest absolute Gasteiger partial charge is 0.275 e. The van der Waals surface area contributed by atoms with Crippen molar-refractivity contribution in [3.8, 4) is 0 Å². The highest BCUT2D eigenvalue weighted by atomic mass is 19.1. The minimum atomic E-state index is -0.750. The van der Waals surface area contributed by atoms with Crippen LogP contribution < -0.4 is 16.3 Å². The third-order valence-electron chi connectivity index (χ3n) is 3.76. The van der Waals surface area contributed by atoms with E-state index >= 15 is 0 Å². The molecule has 25 heavy (non-hydrogen) atoms. The second-order valence-electron chi connectivity index (χ2n) is 5.44. The highest BCUT2D eigenvalue weighted by Gasteiger charge is 2.14. The van der Waals surface area contributed by atoms with Gasteiger partial charge in [-0.1, -0.05) is 12.1 Å². The van der Waals surface area contributed by atoms with E-state index in [2.05, 4.69) is 15.8 Å². The number of rotatable bonds is 2. The van der Waals surface area contributed by atoms with Crippen LogP contribution in [-0.4, -0.2) is 16.8 Å². The number of H-pyrrole nitrogens is 1. The van der Waals surface area contributed by atoms with Gasteiger partial charge in [0.25, 0.3) is 11.8 Å². The van der Waals surface area contributed by atoms with E-state index in [1.54, 1.807) is 12.1 Å². The van der Waals surface area contributed by atoms with Crippen LogP contribution in [0.25, 0.3) is 10.9 Å². The van der Waals surface area contributed by atoms with Crippen LogP contribution in [0.1, 0.15) is 26.3 Å². The van der Waals surface area contributed by atoms with Crippen LogP contribution in [0.3, 0.4) is 0 Å². The van der Waals surface area contributed by atoms with E-state index < -0.39 is 23.1 Å². The summed E-state index contributed by atoms with van der Waals surface area (Å²) in [5.41, 5.74) is 5.51. The summed E-state index contributed by atoms with van der Waals surface area (Å²) in [7, 11) is 0. The Balaban J connectivity index is 1.79. The lowest BCUT2D eigenvalue weighted by atomic mass is 10.1. The molecule has 0 aliphatic rings. The van der Waals surface area contributed by atoms with Crippen LogP contribution in [0.2, 0.25) is 0 Å². The van der Waals surface area contributed by atoms with Gasteiger partial charge in [-0.2, -0.15) is 0 Å². The number of amides is 2. The molecule has 0 spiro atoms. The molecule has 3 N–H and O–H groups in total. The Bertz CT molecular complexity index is 1030. The summed E-state index contributed by atoms with van der Waals surface area (Å²) in [6.45, 7) is 1.85. The number of pyridine rings is 1. The molecule has 2 amide bonds. The zero-order valence-electron chi connectivity index (χ0n) is 13.2. The Hall–Kier alpha value is -3.48. The predicted octanol–water partition coefficient (Wildman–Crippen LogP) is 2.05. The van der Waals surface area contributed by atoms with Crippen molar-refractivity contribution in [2.75, 3.05) is 0 Å². The molecule has 3 rings (SSSR count). The van der Waals surface area contributed by atoms with Crippen LogP contribution in [0.5, 0.6) is 0 Å². The van der Waals surface area contributed by atoms with Crippen molar-refractivity contribution in [3.63, 3.8) is 0 Å². The molecule has 0 aliphatic heterocycles. The zero-order chi connectivity index (χ0) is 18.0. The average Bonchev–Trinajstić information content (AvgIpc) is 2.61. The highest BCUT2D eigenvalue weighted by Crippen LogP contribution is 2.12. The van der Waals surface area contributed by atoms with Crippen molar-refractivity contribution in [2.45, 2.75) is 6.92 Å². The third kappa shape index (κ3) is 3.25. The van der Waals surface area contributed by atoms with E-state index in [1.165, 1.54) is 18.3 Å². The van der Waals surface area contributed by atoms with E-state index in [0.717, 1.165) is 17.7 Å². The molecule has 0 bridgehead atoms. The van der Waals surface area contributed by atoms with Crippen LogP contribution in [-0.2, 0) is 0 Å². The maximum atomic E-state index is 12.8. The second kappa shape index (κ2) is 6.56. The molecule has 2 aromatic carbocycles. The Morgan fingerprint density at radius 1 is 1.00 bits per heavy atom. The van der Waals surface area contributed by atoms with Crippen LogP contribution in [0.15, 0.2) is 53.5 Å². The van der Waals surface area contributed by atoms with E-state index in [1.807, 2.05) is 13.0 Å². The number of hydrazine groups is 1. The number of para-hydroxylation sites is 1. The summed E-state index contributed by atoms with van der Waals surface area (Å²) >= 11 is 0. The lowest BCUT2D eigenvalue weighted by Crippen LogP contribution is -2.43. The third-order valence-corrected chi connectivity index (χ3v) is 3.76. The largest absolute Gasteiger partial charge is 0.360 e. The first-order valence-electron chi connectivity index (χ1n) is 7.44. The first-order chi connectivity index (χ1) is 12.0. The molecule has 0 saturated carbocycles. The molecule has 0 aliphatic carbocycles. The van der Waals surface area contributed by atoms with Crippen LogP contribution >= 0.6 is 0 Å². The Morgan fingerprint density at radius 3 is 2.40 bits per heavy atom. The van der Waals surface area contributed by atoms with Crippen LogP contribution in [0, 0.1) is 12.7 Å². The molecule has 7 heteroatoms. The van der Waals surface area contributed by atoms with E-state index in [-0.39, 0.29) is 11.1 Å². The molecule has 0 saturated heterocycles. The number of nitrogens with one attached hydrogen (secondary N) is 3. The number of fused-ring (bicyclic) bond motifs is 1. The Morgan fingerprint density at radius 2 is 1.68 bits per heavy atom. The van der Waals surface area contributed by atoms with Gasteiger partial charge in [0.15, 0.2) is 0 Å². The SMILES string of the molecule is Cc1cccc2c(=O)c(C(=O)NNC(=O)c3ccc(F)cc3)c[nH]c12. The number of benzene rings is 2. The maximum Gasteiger partial charge on any atom is 0.275 e. The molecule has 6 nitrogen and oxygen atoms in total. The first-order valence-corrected chi connectivity index (χ1v) is 7.44. The minimum Gasteiger partial charge on any atom is -0.360 e. The molecule has 0 atom stereocenters. The summed E-state index contributed by atoms with van der Waals surface area (Å²) in [5.74, 6) is -1.85. The van der Waals surface area contributed by atoms with Gasteiger partial charge in [-0.25, -0.2) is 4.39 Å². The molecular formula is C18H14FN3O3. The van der Waals surface area contributed by atoms with Gasteiger partial charge in [-0.05, 0) is 42.8 Å². The number of aryl methyl sites for hydroxylation is 1. The van der Waals surface area contributed by atoms with Crippen molar-refractivity contribution in [1.82, 2.24) is 15.8 Å². The van der Waals surface area contributed by atoms with Crippen molar-refractivity contribution in [2.24, 2.45) is 0 Å². The molecule has 3 aromatic rings. The normalized spacial score (nSPS) is 10.5. The van der Waals surface area contributed by atoms with Crippen molar-refractivity contribution in [3.05, 3.63) is 81.4 Å². The van der Waals surface area contributed by atoms with Gasteiger partial charge in [0.2, 0.25) is 5.43 Å². The minimum absolute atomic E-state index is 0.127. The molecule has 0 radical (unpaired) electrons. The summed E-state index contributed by atoms with van der Waals surface area (Å²) in [6, 6.07) is 10.0. The molecule has 1 aromatic heterocycles. The standard InChI is InChI=1S/C18H14FN3O3/c1-10-3-2-4-13-15(10)20-9-14(16(13)23)18(25)22-21-17(24)11-5-7-12(19)8-6-11/h2-9H,1H3,(H,20,23)(H,21,24)(H,22,25). The lowest BCUT2D eigenvalue weighted by Gasteiger charge is -2.08. The number of hydrogen-bond acceptors (Lipinski definition) is 3. The molecule has 126 valence electrons. The van der Waals surface area contributed by atoms with Gasteiger partial charge in [0.05, 0.1) is 5.52 Å². The lowest BCUT2D eigenvalue weighted by molar-refractivity contribution is 0.0846. The number of hydrogen-bond donors (Lipinski definition) is 3. The van der Waals surface area contributed by atoms with Gasteiger partial charge < -0.3 is 4.98 Å². The fraction of sp³-hybridized carbons (Fsp3) is 0.0556.